The lowest BCUT2D eigenvalue weighted by atomic mass is 10.2. The van der Waals surface area contributed by atoms with Gasteiger partial charge in [0.2, 0.25) is 5.95 Å². The molecule has 0 aliphatic carbocycles. The molecule has 1 aromatic carbocycles. The van der Waals surface area contributed by atoms with Crippen molar-refractivity contribution in [1.82, 2.24) is 20.2 Å². The highest BCUT2D eigenvalue weighted by Crippen LogP contribution is 2.25. The maximum atomic E-state index is 6.13. The summed E-state index contributed by atoms with van der Waals surface area (Å²) in [6.07, 6.45) is 0. The van der Waals surface area contributed by atoms with Gasteiger partial charge in [0.15, 0.2) is 0 Å². The Labute approximate surface area is 116 Å². The zero-order chi connectivity index (χ0) is 13.7. The molecule has 0 spiro atoms. The van der Waals surface area contributed by atoms with Crippen molar-refractivity contribution < 1.29 is 4.74 Å². The van der Waals surface area contributed by atoms with Crippen molar-refractivity contribution in [3.8, 4) is 5.75 Å². The zero-order valence-electron chi connectivity index (χ0n) is 10.9. The summed E-state index contributed by atoms with van der Waals surface area (Å²) in [7, 11) is 0. The highest BCUT2D eigenvalue weighted by molar-refractivity contribution is 6.32. The molecule has 102 valence electrons. The van der Waals surface area contributed by atoms with E-state index in [2.05, 4.69) is 20.8 Å². The van der Waals surface area contributed by atoms with Crippen molar-refractivity contribution in [2.24, 2.45) is 0 Å². The van der Waals surface area contributed by atoms with Crippen molar-refractivity contribution >= 4 is 17.5 Å². The van der Waals surface area contributed by atoms with Gasteiger partial charge in [-0.1, -0.05) is 22.8 Å². The monoisotopic (exact) mass is 281 g/mol. The molecule has 0 aliphatic rings. The van der Waals surface area contributed by atoms with Crippen LogP contribution < -0.4 is 10.1 Å². The van der Waals surface area contributed by atoms with E-state index in [0.717, 1.165) is 12.1 Å². The van der Waals surface area contributed by atoms with Crippen LogP contribution in [0.25, 0.3) is 0 Å². The minimum Gasteiger partial charge on any atom is -0.492 e. The molecule has 19 heavy (non-hydrogen) atoms. The number of nitrogens with zero attached hydrogens (tertiary/aromatic N) is 4. The van der Waals surface area contributed by atoms with Crippen molar-refractivity contribution in [3.63, 3.8) is 0 Å². The first kappa shape index (κ1) is 13.6. The molecule has 1 heterocycles. The number of hydrogen-bond acceptors (Lipinski definition) is 5. The molecule has 0 saturated carbocycles. The Morgan fingerprint density at radius 1 is 1.37 bits per heavy atom. The molecule has 0 fully saturated rings. The summed E-state index contributed by atoms with van der Waals surface area (Å²) in [5.41, 5.74) is 1.04. The molecular weight excluding hydrogens is 266 g/mol. The highest BCUT2D eigenvalue weighted by Gasteiger charge is 2.05. The van der Waals surface area contributed by atoms with Crippen LogP contribution >= 0.6 is 11.6 Å². The number of ether oxygens (including phenoxy) is 1. The van der Waals surface area contributed by atoms with Crippen molar-refractivity contribution in [2.45, 2.75) is 26.9 Å². The molecule has 7 heteroatoms. The number of aryl methyl sites for hydroxylation is 1. The third-order valence-electron chi connectivity index (χ3n) is 2.58. The van der Waals surface area contributed by atoms with E-state index < -0.39 is 0 Å². The van der Waals surface area contributed by atoms with E-state index in [4.69, 9.17) is 16.3 Å². The van der Waals surface area contributed by atoms with Gasteiger partial charge in [0, 0.05) is 13.1 Å². The average Bonchev–Trinajstić information content (AvgIpc) is 2.87. The Morgan fingerprint density at radius 3 is 2.89 bits per heavy atom. The molecule has 2 rings (SSSR count). The minimum absolute atomic E-state index is 0.600. The van der Waals surface area contributed by atoms with Gasteiger partial charge in [-0.2, -0.15) is 0 Å². The Kier molecular flexibility index (Phi) is 4.57. The van der Waals surface area contributed by atoms with E-state index in [0.29, 0.717) is 29.9 Å². The molecule has 0 radical (unpaired) electrons. The van der Waals surface area contributed by atoms with Crippen LogP contribution in [0.1, 0.15) is 19.4 Å². The summed E-state index contributed by atoms with van der Waals surface area (Å²) in [4.78, 5) is 0. The third-order valence-corrected chi connectivity index (χ3v) is 2.87. The maximum Gasteiger partial charge on any atom is 0.243 e. The van der Waals surface area contributed by atoms with Gasteiger partial charge in [-0.25, -0.2) is 4.68 Å². The van der Waals surface area contributed by atoms with Crippen LogP contribution in [0.4, 0.5) is 5.95 Å². The SMILES string of the molecule is CCOc1ccc(CNc2nnnn2CC)cc1Cl. The number of benzene rings is 1. The number of aromatic nitrogens is 4. The highest BCUT2D eigenvalue weighted by atomic mass is 35.5. The summed E-state index contributed by atoms with van der Waals surface area (Å²) in [6, 6.07) is 5.70. The first-order chi connectivity index (χ1) is 9.24. The van der Waals surface area contributed by atoms with Crippen LogP contribution in [-0.2, 0) is 13.1 Å². The Morgan fingerprint density at radius 2 is 2.21 bits per heavy atom. The Hall–Kier alpha value is -1.82. The quantitative estimate of drug-likeness (QED) is 0.880. The lowest BCUT2D eigenvalue weighted by molar-refractivity contribution is 0.340. The zero-order valence-corrected chi connectivity index (χ0v) is 11.7. The molecule has 1 N–H and O–H groups in total. The summed E-state index contributed by atoms with van der Waals surface area (Å²) in [5.74, 6) is 1.35. The van der Waals surface area contributed by atoms with Gasteiger partial charge >= 0.3 is 0 Å². The van der Waals surface area contributed by atoms with E-state index in [1.807, 2.05) is 32.0 Å². The van der Waals surface area contributed by atoms with Crippen LogP contribution in [0.15, 0.2) is 18.2 Å². The summed E-state index contributed by atoms with van der Waals surface area (Å²) in [6.45, 7) is 5.83. The predicted octanol–water partition coefficient (Wildman–Crippen LogP) is 2.36. The van der Waals surface area contributed by atoms with Crippen molar-refractivity contribution in [3.05, 3.63) is 28.8 Å². The first-order valence-electron chi connectivity index (χ1n) is 6.15. The van der Waals surface area contributed by atoms with E-state index in [1.165, 1.54) is 0 Å². The second kappa shape index (κ2) is 6.38. The van der Waals surface area contributed by atoms with Gasteiger partial charge in [-0.05, 0) is 42.0 Å². The van der Waals surface area contributed by atoms with Gasteiger partial charge in [-0.3, -0.25) is 0 Å². The van der Waals surface area contributed by atoms with Crippen LogP contribution in [-0.4, -0.2) is 26.8 Å². The van der Waals surface area contributed by atoms with Gasteiger partial charge in [-0.15, -0.1) is 0 Å². The molecule has 0 saturated heterocycles. The van der Waals surface area contributed by atoms with E-state index >= 15 is 0 Å². The van der Waals surface area contributed by atoms with Gasteiger partial charge in [0.1, 0.15) is 5.75 Å². The number of nitrogens with one attached hydrogen (secondary N) is 1. The van der Waals surface area contributed by atoms with E-state index in [-0.39, 0.29) is 0 Å². The van der Waals surface area contributed by atoms with E-state index in [1.54, 1.807) is 4.68 Å². The number of tetrazole rings is 1. The fraction of sp³-hybridized carbons (Fsp3) is 0.417. The molecule has 1 aromatic heterocycles. The average molecular weight is 282 g/mol. The number of halogens is 1. The van der Waals surface area contributed by atoms with Crippen LogP contribution in [0.2, 0.25) is 5.02 Å². The number of rotatable bonds is 6. The molecule has 2 aromatic rings. The van der Waals surface area contributed by atoms with E-state index in [9.17, 15) is 0 Å². The molecule has 0 aliphatic heterocycles. The molecule has 0 atom stereocenters. The fourth-order valence-electron chi connectivity index (χ4n) is 1.65. The lowest BCUT2D eigenvalue weighted by Crippen LogP contribution is -2.07. The topological polar surface area (TPSA) is 64.9 Å². The number of anilines is 1. The minimum atomic E-state index is 0.600. The standard InChI is InChI=1S/C12H16ClN5O/c1-3-18-12(15-16-17-18)14-8-9-5-6-11(19-4-2)10(13)7-9/h5-7H,3-4,8H2,1-2H3,(H,14,15,17). The normalized spacial score (nSPS) is 10.5. The van der Waals surface area contributed by atoms with Crippen molar-refractivity contribution in [2.75, 3.05) is 11.9 Å². The summed E-state index contributed by atoms with van der Waals surface area (Å²) in [5, 5.41) is 15.1. The Balaban J connectivity index is 2.02. The molecule has 0 unspecified atom stereocenters. The first-order valence-corrected chi connectivity index (χ1v) is 6.53. The fourth-order valence-corrected chi connectivity index (χ4v) is 1.91. The lowest BCUT2D eigenvalue weighted by Gasteiger charge is -2.09. The maximum absolute atomic E-state index is 6.13. The molecular formula is C12H16ClN5O. The third kappa shape index (κ3) is 3.35. The smallest absolute Gasteiger partial charge is 0.243 e. The van der Waals surface area contributed by atoms with Gasteiger partial charge in [0.25, 0.3) is 0 Å². The van der Waals surface area contributed by atoms with Crippen LogP contribution in [0, 0.1) is 0 Å². The Bertz CT molecular complexity index is 543. The molecule has 0 bridgehead atoms. The van der Waals surface area contributed by atoms with Crippen molar-refractivity contribution in [1.29, 1.82) is 0 Å². The van der Waals surface area contributed by atoms with Crippen LogP contribution in [0.3, 0.4) is 0 Å². The summed E-state index contributed by atoms with van der Waals surface area (Å²) < 4.78 is 7.08. The van der Waals surface area contributed by atoms with Crippen LogP contribution in [0.5, 0.6) is 5.75 Å². The van der Waals surface area contributed by atoms with Gasteiger partial charge < -0.3 is 10.1 Å². The summed E-state index contributed by atoms with van der Waals surface area (Å²) >= 11 is 6.13. The largest absolute Gasteiger partial charge is 0.492 e. The number of hydrogen-bond donors (Lipinski definition) is 1. The van der Waals surface area contributed by atoms with Gasteiger partial charge in [0.05, 0.1) is 11.6 Å². The molecule has 6 nitrogen and oxygen atoms in total. The predicted molar refractivity (Wildman–Crippen MR) is 73.4 cm³/mol. The second-order valence-electron chi connectivity index (χ2n) is 3.87. The molecule has 0 amide bonds. The second-order valence-corrected chi connectivity index (χ2v) is 4.28.